The zero-order chi connectivity index (χ0) is 30.1. The smallest absolute Gasteiger partial charge is 0.343 e. The predicted molar refractivity (Wildman–Crippen MR) is 180 cm³/mol. The molecule has 7 rings (SSSR count). The summed E-state index contributed by atoms with van der Waals surface area (Å²) in [4.78, 5) is 15.5. The molecule has 4 heteroatoms. The Morgan fingerprint density at radius 2 is 1.50 bits per heavy atom. The maximum Gasteiger partial charge on any atom is 0.343 e. The number of carbonyl (C=O) groups is 1. The third kappa shape index (κ3) is 5.33. The summed E-state index contributed by atoms with van der Waals surface area (Å²) in [6, 6.07) is 39.1. The van der Waals surface area contributed by atoms with Crippen LogP contribution in [0, 0.1) is 0 Å². The van der Waals surface area contributed by atoms with E-state index < -0.39 is 0 Å². The molecule has 4 nitrogen and oxygen atoms in total. The van der Waals surface area contributed by atoms with Crippen molar-refractivity contribution in [3.05, 3.63) is 144 Å². The Bertz CT molecular complexity index is 1890. The predicted octanol–water partition coefficient (Wildman–Crippen LogP) is 8.95. The second-order valence-electron chi connectivity index (χ2n) is 12.3. The van der Waals surface area contributed by atoms with E-state index in [0.29, 0.717) is 17.9 Å². The highest BCUT2D eigenvalue weighted by Crippen LogP contribution is 2.40. The fourth-order valence-electron chi connectivity index (χ4n) is 6.63. The number of allylic oxidation sites excluding steroid dienone is 1. The fraction of sp³-hybridized carbons (Fsp3) is 0.200. The second kappa shape index (κ2) is 11.6. The van der Waals surface area contributed by atoms with Gasteiger partial charge >= 0.3 is 5.97 Å². The summed E-state index contributed by atoms with van der Waals surface area (Å²) in [7, 11) is 0. The van der Waals surface area contributed by atoms with Crippen LogP contribution in [0.3, 0.4) is 0 Å². The van der Waals surface area contributed by atoms with E-state index in [1.165, 1.54) is 41.1 Å². The molecule has 0 amide bonds. The van der Waals surface area contributed by atoms with Gasteiger partial charge in [0, 0.05) is 47.4 Å². The van der Waals surface area contributed by atoms with Crippen LogP contribution in [0.15, 0.2) is 121 Å². The lowest BCUT2D eigenvalue weighted by Gasteiger charge is -2.17. The first-order chi connectivity index (χ1) is 21.5. The number of ether oxygens (including phenoxy) is 1. The summed E-state index contributed by atoms with van der Waals surface area (Å²) in [5.41, 5.74) is 7.81. The van der Waals surface area contributed by atoms with Crippen LogP contribution in [0.1, 0.15) is 53.7 Å². The molecule has 5 aromatic rings. The van der Waals surface area contributed by atoms with E-state index in [1.54, 1.807) is 0 Å². The first-order valence-corrected chi connectivity index (χ1v) is 15.5. The van der Waals surface area contributed by atoms with Gasteiger partial charge in [0.25, 0.3) is 0 Å². The number of para-hydroxylation sites is 1. The Labute approximate surface area is 259 Å². The van der Waals surface area contributed by atoms with Crippen LogP contribution in [0.4, 0.5) is 11.4 Å². The van der Waals surface area contributed by atoms with Gasteiger partial charge in [-0.2, -0.15) is 4.58 Å². The van der Waals surface area contributed by atoms with Gasteiger partial charge in [0.2, 0.25) is 5.69 Å². The highest BCUT2D eigenvalue weighted by atomic mass is 16.5. The van der Waals surface area contributed by atoms with Gasteiger partial charge < -0.3 is 9.64 Å². The molecule has 0 atom stereocenters. The normalized spacial score (nSPS) is 15.7. The van der Waals surface area contributed by atoms with E-state index >= 15 is 0 Å². The molecule has 1 saturated heterocycles. The number of nitrogens with zero attached hydrogens (tertiary/aromatic N) is 2. The Morgan fingerprint density at radius 1 is 0.795 bits per heavy atom. The van der Waals surface area contributed by atoms with Crippen LogP contribution in [0.5, 0.6) is 5.75 Å². The summed E-state index contributed by atoms with van der Waals surface area (Å²) in [5.74, 6) is 0.219. The molecule has 2 aliphatic heterocycles. The van der Waals surface area contributed by atoms with Crippen molar-refractivity contribution in [2.24, 2.45) is 0 Å². The quantitative estimate of drug-likeness (QED) is 0.110. The number of esters is 1. The summed E-state index contributed by atoms with van der Waals surface area (Å²) in [6.45, 7) is 7.61. The van der Waals surface area contributed by atoms with Crippen molar-refractivity contribution in [3.8, 4) is 5.75 Å². The first-order valence-electron chi connectivity index (χ1n) is 15.5. The molecule has 1 fully saturated rings. The van der Waals surface area contributed by atoms with Gasteiger partial charge in [-0.15, -0.1) is 0 Å². The van der Waals surface area contributed by atoms with Crippen molar-refractivity contribution in [2.45, 2.75) is 38.6 Å². The molecule has 0 spiro atoms. The van der Waals surface area contributed by atoms with Gasteiger partial charge in [-0.3, -0.25) is 0 Å². The highest BCUT2D eigenvalue weighted by molar-refractivity contribution is 6.05. The van der Waals surface area contributed by atoms with Gasteiger partial charge in [-0.1, -0.05) is 78.9 Å². The maximum atomic E-state index is 13.1. The lowest BCUT2D eigenvalue weighted by Crippen LogP contribution is -2.27. The molecule has 0 aliphatic carbocycles. The highest BCUT2D eigenvalue weighted by Gasteiger charge is 2.44. The van der Waals surface area contributed by atoms with Crippen molar-refractivity contribution < 1.29 is 14.1 Å². The number of hydrogen-bond donors (Lipinski definition) is 0. The summed E-state index contributed by atoms with van der Waals surface area (Å²) >= 11 is 0. The van der Waals surface area contributed by atoms with Crippen LogP contribution < -0.4 is 9.64 Å². The number of rotatable bonds is 7. The van der Waals surface area contributed by atoms with E-state index in [9.17, 15) is 4.79 Å². The monoisotopic (exact) mass is 577 g/mol. The average Bonchev–Trinajstić information content (AvgIpc) is 3.66. The molecule has 2 heterocycles. The van der Waals surface area contributed by atoms with E-state index in [2.05, 4.69) is 84.0 Å². The van der Waals surface area contributed by atoms with E-state index in [1.807, 2.05) is 66.7 Å². The van der Waals surface area contributed by atoms with Gasteiger partial charge in [-0.25, -0.2) is 4.79 Å². The molecule has 2 aliphatic rings. The van der Waals surface area contributed by atoms with E-state index in [4.69, 9.17) is 4.74 Å². The molecule has 0 aromatic heterocycles. The summed E-state index contributed by atoms with van der Waals surface area (Å²) < 4.78 is 8.23. The Hall–Kier alpha value is -4.96. The topological polar surface area (TPSA) is 32.5 Å². The molecule has 0 radical (unpaired) electrons. The molecule has 44 heavy (non-hydrogen) atoms. The average molecular weight is 578 g/mol. The van der Waals surface area contributed by atoms with E-state index in [0.717, 1.165) is 29.4 Å². The van der Waals surface area contributed by atoms with Gasteiger partial charge in [0.05, 0.1) is 11.0 Å². The molecule has 0 saturated carbocycles. The van der Waals surface area contributed by atoms with E-state index in [-0.39, 0.29) is 11.4 Å². The first kappa shape index (κ1) is 27.8. The molecule has 218 valence electrons. The summed E-state index contributed by atoms with van der Waals surface area (Å²) in [5, 5.41) is 1.97. The lowest BCUT2D eigenvalue weighted by atomic mass is 9.81. The molecule has 0 N–H and O–H groups in total. The third-order valence-electron chi connectivity index (χ3n) is 9.08. The van der Waals surface area contributed by atoms with Gasteiger partial charge in [0.15, 0.2) is 12.3 Å². The number of benzene rings is 5. The third-order valence-corrected chi connectivity index (χ3v) is 9.08. The Balaban J connectivity index is 1.14. The molecule has 0 bridgehead atoms. The van der Waals surface area contributed by atoms with Crippen molar-refractivity contribution in [1.82, 2.24) is 0 Å². The minimum Gasteiger partial charge on any atom is -0.422 e. The standard InChI is InChI=1S/C40H37N2O2/c1-40(2)35-13-5-6-14-36(35)42(38(40)25-20-29-18-23-33(24-19-29)41-26-7-8-27-41)28-30-16-21-32(22-17-30)39(43)44-37-15-9-11-31-10-3-4-12-34(31)37/h3-6,9-25H,7-8,26-28H2,1-2H3/q+1. The van der Waals surface area contributed by atoms with Crippen LogP contribution in [0.25, 0.3) is 16.8 Å². The van der Waals surface area contributed by atoms with Crippen molar-refractivity contribution >= 4 is 39.9 Å². The molecular formula is C40H37N2O2+. The molecule has 5 aromatic carbocycles. The maximum absolute atomic E-state index is 13.1. The van der Waals surface area contributed by atoms with Gasteiger partial charge in [-0.05, 0) is 74.0 Å². The zero-order valence-electron chi connectivity index (χ0n) is 25.4. The second-order valence-corrected chi connectivity index (χ2v) is 12.3. The van der Waals surface area contributed by atoms with Crippen molar-refractivity contribution in [1.29, 1.82) is 0 Å². The van der Waals surface area contributed by atoms with Crippen LogP contribution >= 0.6 is 0 Å². The fourth-order valence-corrected chi connectivity index (χ4v) is 6.63. The zero-order valence-corrected chi connectivity index (χ0v) is 25.4. The Kier molecular flexibility index (Phi) is 7.35. The molecular weight excluding hydrogens is 540 g/mol. The minimum absolute atomic E-state index is 0.148. The number of hydrogen-bond acceptors (Lipinski definition) is 3. The number of anilines is 1. The minimum atomic E-state index is -0.355. The lowest BCUT2D eigenvalue weighted by molar-refractivity contribution is -0.455. The van der Waals surface area contributed by atoms with Crippen molar-refractivity contribution in [2.75, 3.05) is 18.0 Å². The largest absolute Gasteiger partial charge is 0.422 e. The van der Waals surface area contributed by atoms with Crippen LogP contribution in [-0.4, -0.2) is 29.3 Å². The number of carbonyl (C=O) groups excluding carboxylic acids is 1. The van der Waals surface area contributed by atoms with Crippen LogP contribution in [-0.2, 0) is 12.0 Å². The summed E-state index contributed by atoms with van der Waals surface area (Å²) in [6.07, 6.45) is 7.07. The van der Waals surface area contributed by atoms with Gasteiger partial charge in [0.1, 0.15) is 5.75 Å². The number of fused-ring (bicyclic) bond motifs is 2. The molecule has 0 unspecified atom stereocenters. The Morgan fingerprint density at radius 3 is 2.30 bits per heavy atom. The van der Waals surface area contributed by atoms with Crippen molar-refractivity contribution in [3.63, 3.8) is 0 Å². The SMILES string of the molecule is CC1(C)C(C=Cc2ccc(N3CCCC3)cc2)=[N+](Cc2ccc(C(=O)Oc3cccc4ccccc34)cc2)c2ccccc21. The van der Waals surface area contributed by atoms with Crippen LogP contribution in [0.2, 0.25) is 0 Å².